The lowest BCUT2D eigenvalue weighted by atomic mass is 9.43. The number of ether oxygens (including phenoxy) is 1. The number of hydrogen-bond donors (Lipinski definition) is 1. The van der Waals surface area contributed by atoms with E-state index in [1.54, 1.807) is 6.26 Å². The highest BCUT2D eigenvalue weighted by Crippen LogP contribution is 2.66. The van der Waals surface area contributed by atoms with E-state index < -0.39 is 29.0 Å². The number of fused-ring (bicyclic) bond motifs is 1. The van der Waals surface area contributed by atoms with Crippen molar-refractivity contribution in [3.63, 3.8) is 0 Å². The van der Waals surface area contributed by atoms with Crippen LogP contribution in [0.5, 0.6) is 0 Å². The van der Waals surface area contributed by atoms with Crippen molar-refractivity contribution in [1.29, 1.82) is 0 Å². The molecule has 0 amide bonds. The molecule has 9 nitrogen and oxygen atoms in total. The Morgan fingerprint density at radius 1 is 1.14 bits per heavy atom. The van der Waals surface area contributed by atoms with Gasteiger partial charge in [0.25, 0.3) is 0 Å². The molecule has 0 spiro atoms. The van der Waals surface area contributed by atoms with Gasteiger partial charge in [-0.05, 0) is 73.8 Å². The lowest BCUT2D eigenvalue weighted by Gasteiger charge is -2.64. The normalized spacial score (nSPS) is 35.2. The second kappa shape index (κ2) is 11.3. The quantitative estimate of drug-likeness (QED) is 0.336. The zero-order valence-electron chi connectivity index (χ0n) is 24.8. The highest BCUT2D eigenvalue weighted by molar-refractivity contribution is 7.83. The first-order valence-corrected chi connectivity index (χ1v) is 16.8. The number of halogens is 1. The fourth-order valence-electron chi connectivity index (χ4n) is 9.07. The van der Waals surface area contributed by atoms with E-state index in [9.17, 15) is 13.0 Å². The van der Waals surface area contributed by atoms with Gasteiger partial charge in [-0.25, -0.2) is 0 Å². The molecule has 4 aliphatic carbocycles. The van der Waals surface area contributed by atoms with Crippen LogP contribution >= 0.6 is 12.4 Å². The lowest BCUT2D eigenvalue weighted by molar-refractivity contribution is -0.199. The molecule has 7 atom stereocenters. The van der Waals surface area contributed by atoms with E-state index in [2.05, 4.69) is 25.7 Å². The number of benzene rings is 1. The summed E-state index contributed by atoms with van der Waals surface area (Å²) in [5.74, 6) is 0.290. The van der Waals surface area contributed by atoms with Gasteiger partial charge in [-0.3, -0.25) is 9.45 Å². The summed E-state index contributed by atoms with van der Waals surface area (Å²) in [5, 5.41) is 0.935. The number of rotatable bonds is 8. The zero-order valence-corrected chi connectivity index (χ0v) is 26.4. The van der Waals surface area contributed by atoms with Crippen LogP contribution in [-0.4, -0.2) is 85.8 Å². The third-order valence-corrected chi connectivity index (χ3v) is 12.5. The molecular formula is C30H44BClN2O7S. The highest BCUT2D eigenvalue weighted by Gasteiger charge is 2.69. The van der Waals surface area contributed by atoms with Crippen LogP contribution in [0.2, 0.25) is 0 Å². The van der Waals surface area contributed by atoms with E-state index in [1.807, 2.05) is 24.3 Å². The van der Waals surface area contributed by atoms with Gasteiger partial charge in [0.2, 0.25) is 0 Å². The smallest absolute Gasteiger partial charge is 0.464 e. The maximum absolute atomic E-state index is 13.3. The van der Waals surface area contributed by atoms with E-state index in [0.717, 1.165) is 61.7 Å². The lowest BCUT2D eigenvalue weighted by Crippen LogP contribution is -2.65. The largest absolute Gasteiger partial charge is 0.477 e. The summed E-state index contributed by atoms with van der Waals surface area (Å²) in [7, 11) is -5.37. The molecule has 8 rings (SSSR count). The van der Waals surface area contributed by atoms with E-state index in [1.165, 1.54) is 4.31 Å². The Morgan fingerprint density at radius 3 is 2.64 bits per heavy atom. The first kappa shape index (κ1) is 30.8. The van der Waals surface area contributed by atoms with Gasteiger partial charge in [0.05, 0.1) is 37.1 Å². The van der Waals surface area contributed by atoms with Crippen LogP contribution in [-0.2, 0) is 30.8 Å². The van der Waals surface area contributed by atoms with Crippen LogP contribution in [0.3, 0.4) is 0 Å². The van der Waals surface area contributed by atoms with Gasteiger partial charge in [0.15, 0.2) is 0 Å². The van der Waals surface area contributed by atoms with Gasteiger partial charge in [-0.1, -0.05) is 38.5 Å². The van der Waals surface area contributed by atoms with Crippen LogP contribution in [0.25, 0.3) is 11.0 Å². The van der Waals surface area contributed by atoms with Gasteiger partial charge in [0.1, 0.15) is 5.58 Å². The number of nitrogens with zero attached hydrogens (tertiary/aromatic N) is 2. The zero-order chi connectivity index (χ0) is 28.6. The predicted molar refractivity (Wildman–Crippen MR) is 163 cm³/mol. The Balaban J connectivity index is 0.00000316. The van der Waals surface area contributed by atoms with Gasteiger partial charge >= 0.3 is 17.4 Å². The van der Waals surface area contributed by atoms with Gasteiger partial charge in [-0.2, -0.15) is 12.7 Å². The number of morpholine rings is 1. The Labute approximate surface area is 256 Å². The van der Waals surface area contributed by atoms with Crippen molar-refractivity contribution in [3.8, 4) is 0 Å². The van der Waals surface area contributed by atoms with Crippen molar-refractivity contribution < 1.29 is 31.4 Å². The van der Waals surface area contributed by atoms with Gasteiger partial charge in [-0.15, -0.1) is 12.4 Å². The van der Waals surface area contributed by atoms with Crippen LogP contribution < -0.4 is 0 Å². The monoisotopic (exact) mass is 622 g/mol. The van der Waals surface area contributed by atoms with Gasteiger partial charge in [0, 0.05) is 31.1 Å². The second-order valence-corrected chi connectivity index (χ2v) is 15.2. The summed E-state index contributed by atoms with van der Waals surface area (Å²) in [6, 6.07) is 8.04. The molecule has 2 saturated heterocycles. The molecular weight excluding hydrogens is 579 g/mol. The predicted octanol–water partition coefficient (Wildman–Crippen LogP) is 4.64. The third-order valence-electron chi connectivity index (χ3n) is 11.5. The fraction of sp³-hybridized carbons (Fsp3) is 0.733. The minimum atomic E-state index is -4.58. The molecule has 2 bridgehead atoms. The van der Waals surface area contributed by atoms with Crippen molar-refractivity contribution in [2.24, 2.45) is 23.2 Å². The topological polar surface area (TPSA) is 102 Å². The average Bonchev–Trinajstić information content (AvgIpc) is 3.66. The Kier molecular flexibility index (Phi) is 8.31. The summed E-state index contributed by atoms with van der Waals surface area (Å²) in [5.41, 5.74) is 1.30. The van der Waals surface area contributed by atoms with Crippen LogP contribution in [0.15, 0.2) is 34.9 Å². The summed E-state index contributed by atoms with van der Waals surface area (Å²) in [6.07, 6.45) is 6.92. The molecule has 2 aromatic rings. The highest BCUT2D eigenvalue weighted by atomic mass is 35.5. The van der Waals surface area contributed by atoms with E-state index >= 15 is 0 Å². The molecule has 6 aliphatic rings. The molecule has 6 fully saturated rings. The van der Waals surface area contributed by atoms with Gasteiger partial charge < -0.3 is 18.5 Å². The van der Waals surface area contributed by atoms with E-state index in [0.29, 0.717) is 31.5 Å². The maximum Gasteiger partial charge on any atom is 0.477 e. The van der Waals surface area contributed by atoms with E-state index in [-0.39, 0.29) is 42.4 Å². The van der Waals surface area contributed by atoms with Crippen molar-refractivity contribution in [1.82, 2.24) is 9.21 Å². The first-order chi connectivity index (χ1) is 19.6. The molecule has 0 radical (unpaired) electrons. The van der Waals surface area contributed by atoms with Crippen LogP contribution in [0.4, 0.5) is 0 Å². The molecule has 1 aromatic heterocycles. The Hall–Kier alpha value is -1.18. The SMILES string of the molecule is CC1(C)[C@@H]2C[C@H]3OB([C@H](Cc4coc5ccccc45)N(CC4CCCC4N4CCOCC4)S(=O)(=O)O)O[C@@]3(C)[C@H]1C2.Cl. The second-order valence-electron chi connectivity index (χ2n) is 13.8. The summed E-state index contributed by atoms with van der Waals surface area (Å²) in [6.45, 7) is 10.1. The number of hydrogen-bond acceptors (Lipinski definition) is 7. The molecule has 2 unspecified atom stereocenters. The summed E-state index contributed by atoms with van der Waals surface area (Å²) < 4.78 is 63.6. The molecule has 232 valence electrons. The van der Waals surface area contributed by atoms with Crippen molar-refractivity contribution in [3.05, 3.63) is 36.1 Å². The average molecular weight is 623 g/mol. The molecule has 2 aliphatic heterocycles. The molecule has 1 aromatic carbocycles. The fourth-order valence-corrected chi connectivity index (χ4v) is 9.96. The van der Waals surface area contributed by atoms with Crippen molar-refractivity contribution in [2.75, 3.05) is 32.8 Å². The summed E-state index contributed by atoms with van der Waals surface area (Å²) >= 11 is 0. The number of para-hydroxylation sites is 1. The van der Waals surface area contributed by atoms with Crippen molar-refractivity contribution >= 4 is 40.8 Å². The third kappa shape index (κ3) is 5.15. The Bertz CT molecular complexity index is 1380. The Morgan fingerprint density at radius 2 is 1.90 bits per heavy atom. The molecule has 4 saturated carbocycles. The standard InChI is InChI=1S/C30H43BN2O7S.ClH/c1-29(2)22-16-26(29)30(3)27(17-22)39-31(40-30)28(15-21-19-38-25-10-5-4-8-23(21)25)33(41(34,35)36)18-20-7-6-9-24(20)32-11-13-37-14-12-32;/h4-5,8,10,19-20,22,24,26-28H,6-7,9,11-18H2,1-3H3,(H,34,35,36);1H/t20?,22-,24?,26-,27+,28-,30-;/m0./s1. The van der Waals surface area contributed by atoms with Crippen molar-refractivity contribution in [2.45, 2.75) is 83.0 Å². The molecule has 3 heterocycles. The minimum Gasteiger partial charge on any atom is -0.464 e. The molecule has 1 N–H and O–H groups in total. The minimum absolute atomic E-state index is 0. The van der Waals surface area contributed by atoms with Crippen LogP contribution in [0.1, 0.15) is 58.4 Å². The molecule has 42 heavy (non-hydrogen) atoms. The summed E-state index contributed by atoms with van der Waals surface area (Å²) in [4.78, 5) is 2.44. The van der Waals surface area contributed by atoms with E-state index in [4.69, 9.17) is 18.5 Å². The van der Waals surface area contributed by atoms with Crippen LogP contribution in [0, 0.1) is 23.2 Å². The number of furan rings is 1. The first-order valence-electron chi connectivity index (χ1n) is 15.4. The molecule has 12 heteroatoms. The maximum atomic E-state index is 13.3.